The molecule has 6 nitrogen and oxygen atoms in total. The van der Waals surface area contributed by atoms with Crippen molar-refractivity contribution in [1.82, 2.24) is 10.2 Å². The van der Waals surface area contributed by atoms with Crippen LogP contribution in [0.25, 0.3) is 0 Å². The molecule has 1 N–H and O–H groups in total. The van der Waals surface area contributed by atoms with Crippen LogP contribution < -0.4 is 0 Å². The van der Waals surface area contributed by atoms with Crippen LogP contribution in [0.2, 0.25) is 0 Å². The average Bonchev–Trinajstić information content (AvgIpc) is 2.44. The number of aryl methyl sites for hydroxylation is 1. The summed E-state index contributed by atoms with van der Waals surface area (Å²) in [5.74, 6) is -0.853. The molecule has 0 saturated heterocycles. The predicted octanol–water partition coefficient (Wildman–Crippen LogP) is 0.432. The maximum atomic E-state index is 11.1. The summed E-state index contributed by atoms with van der Waals surface area (Å²) in [6, 6.07) is 0. The lowest BCUT2D eigenvalue weighted by Crippen LogP contribution is -2.07. The van der Waals surface area contributed by atoms with E-state index in [0.717, 1.165) is 7.11 Å². The van der Waals surface area contributed by atoms with Gasteiger partial charge in [-0.25, -0.2) is 13.2 Å². The van der Waals surface area contributed by atoms with Gasteiger partial charge in [0.25, 0.3) is 9.05 Å². The molecule has 14 heavy (non-hydrogen) atoms. The molecular weight excluding hydrogens is 232 g/mol. The zero-order chi connectivity index (χ0) is 10.9. The van der Waals surface area contributed by atoms with Crippen molar-refractivity contribution in [3.05, 3.63) is 11.4 Å². The SMILES string of the molecule is COC(=O)c1n[nH]c(C)c1S(=O)(=O)Cl. The van der Waals surface area contributed by atoms with Crippen LogP contribution in [0, 0.1) is 6.92 Å². The van der Waals surface area contributed by atoms with Crippen molar-refractivity contribution in [1.29, 1.82) is 0 Å². The van der Waals surface area contributed by atoms with Crippen molar-refractivity contribution in [3.8, 4) is 0 Å². The molecule has 0 bridgehead atoms. The molecule has 0 radical (unpaired) electrons. The average molecular weight is 239 g/mol. The highest BCUT2D eigenvalue weighted by atomic mass is 35.7. The van der Waals surface area contributed by atoms with Gasteiger partial charge in [-0.3, -0.25) is 5.10 Å². The number of aromatic amines is 1. The molecule has 0 aliphatic heterocycles. The quantitative estimate of drug-likeness (QED) is 0.596. The number of halogens is 1. The van der Waals surface area contributed by atoms with Crippen molar-refractivity contribution in [3.63, 3.8) is 0 Å². The second-order valence-corrected chi connectivity index (χ2v) is 4.96. The highest BCUT2D eigenvalue weighted by molar-refractivity contribution is 8.13. The number of hydrogen-bond acceptors (Lipinski definition) is 5. The van der Waals surface area contributed by atoms with E-state index in [1.165, 1.54) is 6.92 Å². The Morgan fingerprint density at radius 3 is 2.57 bits per heavy atom. The first-order valence-electron chi connectivity index (χ1n) is 3.46. The van der Waals surface area contributed by atoms with Gasteiger partial charge in [-0.1, -0.05) is 0 Å². The fraction of sp³-hybridized carbons (Fsp3) is 0.333. The third-order valence-electron chi connectivity index (χ3n) is 1.51. The first kappa shape index (κ1) is 11.0. The summed E-state index contributed by atoms with van der Waals surface area (Å²) in [5, 5.41) is 5.83. The van der Waals surface area contributed by atoms with E-state index in [9.17, 15) is 13.2 Å². The van der Waals surface area contributed by atoms with Gasteiger partial charge in [0.05, 0.1) is 12.8 Å². The molecule has 0 aromatic carbocycles. The van der Waals surface area contributed by atoms with Gasteiger partial charge < -0.3 is 4.74 Å². The molecule has 0 unspecified atom stereocenters. The zero-order valence-electron chi connectivity index (χ0n) is 7.37. The molecular formula is C6H7ClN2O4S. The molecule has 0 saturated carbocycles. The number of aromatic nitrogens is 2. The minimum atomic E-state index is -4.00. The normalized spacial score (nSPS) is 11.4. The van der Waals surface area contributed by atoms with Crippen LogP contribution in [0.5, 0.6) is 0 Å². The first-order chi connectivity index (χ1) is 6.38. The number of ether oxygens (including phenoxy) is 1. The monoisotopic (exact) mass is 238 g/mol. The van der Waals surface area contributed by atoms with E-state index in [4.69, 9.17) is 10.7 Å². The molecule has 8 heteroatoms. The number of hydrogen-bond donors (Lipinski definition) is 1. The van der Waals surface area contributed by atoms with E-state index in [-0.39, 0.29) is 16.3 Å². The maximum Gasteiger partial charge on any atom is 0.359 e. The van der Waals surface area contributed by atoms with Gasteiger partial charge >= 0.3 is 5.97 Å². The summed E-state index contributed by atoms with van der Waals surface area (Å²) in [6.07, 6.45) is 0. The zero-order valence-corrected chi connectivity index (χ0v) is 8.94. The molecule has 78 valence electrons. The van der Waals surface area contributed by atoms with Gasteiger partial charge in [-0.2, -0.15) is 5.10 Å². The van der Waals surface area contributed by atoms with Crippen molar-refractivity contribution in [2.24, 2.45) is 0 Å². The Bertz CT molecular complexity index is 464. The number of methoxy groups -OCH3 is 1. The summed E-state index contributed by atoms with van der Waals surface area (Å²) in [7, 11) is 2.24. The number of carbonyl (C=O) groups is 1. The fourth-order valence-corrected chi connectivity index (χ4v) is 2.29. The van der Waals surface area contributed by atoms with Crippen LogP contribution in [0.15, 0.2) is 4.90 Å². The number of nitrogens with zero attached hydrogens (tertiary/aromatic N) is 1. The number of H-pyrrole nitrogens is 1. The third kappa shape index (κ3) is 1.88. The lowest BCUT2D eigenvalue weighted by atomic mass is 10.4. The molecule has 1 aromatic heterocycles. The summed E-state index contributed by atoms with van der Waals surface area (Å²) in [4.78, 5) is 10.7. The van der Waals surface area contributed by atoms with Crippen LogP contribution in [-0.2, 0) is 13.8 Å². The molecule has 1 aromatic rings. The molecule has 0 aliphatic rings. The maximum absolute atomic E-state index is 11.1. The van der Waals surface area contributed by atoms with Gasteiger partial charge in [-0.05, 0) is 6.92 Å². The van der Waals surface area contributed by atoms with E-state index in [0.29, 0.717) is 0 Å². The minimum Gasteiger partial charge on any atom is -0.464 e. The number of esters is 1. The standard InChI is InChI=1S/C6H7ClN2O4S/c1-3-5(14(7,11)12)4(9-8-3)6(10)13-2/h1-2H3,(H,8,9). The van der Waals surface area contributed by atoms with E-state index < -0.39 is 15.0 Å². The molecule has 1 heterocycles. The van der Waals surface area contributed by atoms with Crippen molar-refractivity contribution in [2.45, 2.75) is 11.8 Å². The fourth-order valence-electron chi connectivity index (χ4n) is 0.952. The number of rotatable bonds is 2. The summed E-state index contributed by atoms with van der Waals surface area (Å²) in [5.41, 5.74) is -0.139. The van der Waals surface area contributed by atoms with E-state index in [1.54, 1.807) is 0 Å². The smallest absolute Gasteiger partial charge is 0.359 e. The van der Waals surface area contributed by atoms with Crippen LogP contribution >= 0.6 is 10.7 Å². The van der Waals surface area contributed by atoms with Gasteiger partial charge in [-0.15, -0.1) is 0 Å². The van der Waals surface area contributed by atoms with Gasteiger partial charge in [0.2, 0.25) is 0 Å². The van der Waals surface area contributed by atoms with Crippen LogP contribution in [0.4, 0.5) is 0 Å². The lowest BCUT2D eigenvalue weighted by molar-refractivity contribution is 0.0589. The third-order valence-corrected chi connectivity index (χ3v) is 2.96. The summed E-state index contributed by atoms with van der Waals surface area (Å²) >= 11 is 0. The Balaban J connectivity index is 3.42. The Kier molecular flexibility index (Phi) is 2.81. The second-order valence-electron chi connectivity index (χ2n) is 2.46. The topological polar surface area (TPSA) is 89.1 Å². The van der Waals surface area contributed by atoms with E-state index >= 15 is 0 Å². The molecule has 0 spiro atoms. The molecule has 0 atom stereocenters. The molecule has 0 amide bonds. The number of carbonyl (C=O) groups excluding carboxylic acids is 1. The van der Waals surface area contributed by atoms with Crippen LogP contribution in [0.3, 0.4) is 0 Å². The van der Waals surface area contributed by atoms with Crippen molar-refractivity contribution < 1.29 is 17.9 Å². The highest BCUT2D eigenvalue weighted by Crippen LogP contribution is 2.22. The Hall–Kier alpha value is -1.08. The largest absolute Gasteiger partial charge is 0.464 e. The molecule has 0 fully saturated rings. The summed E-state index contributed by atoms with van der Waals surface area (Å²) in [6.45, 7) is 1.44. The van der Waals surface area contributed by atoms with Gasteiger partial charge in [0.15, 0.2) is 5.69 Å². The van der Waals surface area contributed by atoms with Gasteiger partial charge in [0, 0.05) is 10.7 Å². The van der Waals surface area contributed by atoms with Crippen LogP contribution in [-0.4, -0.2) is 31.7 Å². The van der Waals surface area contributed by atoms with Crippen LogP contribution in [0.1, 0.15) is 16.2 Å². The summed E-state index contributed by atoms with van der Waals surface area (Å²) < 4.78 is 26.4. The first-order valence-corrected chi connectivity index (χ1v) is 5.76. The Labute approximate surface area is 84.6 Å². The van der Waals surface area contributed by atoms with E-state index in [1.807, 2.05) is 0 Å². The Morgan fingerprint density at radius 1 is 1.57 bits per heavy atom. The predicted molar refractivity (Wildman–Crippen MR) is 47.7 cm³/mol. The minimum absolute atomic E-state index is 0.195. The second kappa shape index (κ2) is 3.58. The van der Waals surface area contributed by atoms with E-state index in [2.05, 4.69) is 14.9 Å². The van der Waals surface area contributed by atoms with Crippen molar-refractivity contribution in [2.75, 3.05) is 7.11 Å². The van der Waals surface area contributed by atoms with Gasteiger partial charge in [0.1, 0.15) is 4.90 Å². The highest BCUT2D eigenvalue weighted by Gasteiger charge is 2.27. The van der Waals surface area contributed by atoms with Crippen molar-refractivity contribution >= 4 is 25.7 Å². The lowest BCUT2D eigenvalue weighted by Gasteiger charge is -1.97. The molecule has 0 aliphatic carbocycles. The Morgan fingerprint density at radius 2 is 2.14 bits per heavy atom. The molecule has 1 rings (SSSR count). The number of nitrogens with one attached hydrogen (secondary N) is 1.